The molecule has 0 aliphatic carbocycles. The van der Waals surface area contributed by atoms with Crippen LogP contribution in [0.25, 0.3) is 0 Å². The minimum atomic E-state index is -0.734. The van der Waals surface area contributed by atoms with Gasteiger partial charge in [0.1, 0.15) is 6.23 Å². The molecule has 0 bridgehead atoms. The van der Waals surface area contributed by atoms with Gasteiger partial charge in [0.25, 0.3) is 0 Å². The molecule has 1 saturated heterocycles. The molecule has 1 N–H and O–H groups in total. The Morgan fingerprint density at radius 2 is 2.33 bits per heavy atom. The van der Waals surface area contributed by atoms with E-state index >= 15 is 0 Å². The second-order valence-corrected chi connectivity index (χ2v) is 5.15. The lowest BCUT2D eigenvalue weighted by molar-refractivity contribution is -0.137. The third-order valence-corrected chi connectivity index (χ3v) is 4.25. The quantitative estimate of drug-likeness (QED) is 0.887. The van der Waals surface area contributed by atoms with Crippen LogP contribution in [0, 0.1) is 0 Å². The van der Waals surface area contributed by atoms with E-state index in [2.05, 4.69) is 17.0 Å². The number of fused-ring (bicyclic) bond motifs is 3. The molecular weight excluding hydrogens is 230 g/mol. The smallest absolute Gasteiger partial charge is 0.303 e. The van der Waals surface area contributed by atoms with Gasteiger partial charge in [0.05, 0.1) is 6.61 Å². The fourth-order valence-electron chi connectivity index (χ4n) is 3.43. The van der Waals surface area contributed by atoms with Gasteiger partial charge in [-0.05, 0) is 24.5 Å². The summed E-state index contributed by atoms with van der Waals surface area (Å²) < 4.78 is 5.84. The number of para-hydroxylation sites is 1. The Morgan fingerprint density at radius 1 is 1.56 bits per heavy atom. The number of nitrogens with zero attached hydrogens (tertiary/aromatic N) is 1. The fourth-order valence-corrected chi connectivity index (χ4v) is 3.43. The molecule has 1 aromatic rings. The van der Waals surface area contributed by atoms with Crippen molar-refractivity contribution in [2.45, 2.75) is 30.9 Å². The maximum atomic E-state index is 10.9. The van der Waals surface area contributed by atoms with Gasteiger partial charge in [-0.25, -0.2) is 0 Å². The van der Waals surface area contributed by atoms with Crippen LogP contribution in [0.5, 0.6) is 0 Å². The molecule has 2 heterocycles. The number of benzene rings is 1. The number of anilines is 1. The van der Waals surface area contributed by atoms with Crippen molar-refractivity contribution in [3.63, 3.8) is 0 Å². The average molecular weight is 247 g/mol. The summed E-state index contributed by atoms with van der Waals surface area (Å²) in [7, 11) is 2.03. The Bertz CT molecular complexity index is 488. The summed E-state index contributed by atoms with van der Waals surface area (Å²) >= 11 is 0. The normalized spacial score (nSPS) is 29.2. The summed E-state index contributed by atoms with van der Waals surface area (Å²) in [6.07, 6.45) is 1.75. The number of rotatable bonds is 3. The Kier molecular flexibility index (Phi) is 2.55. The molecule has 1 aromatic carbocycles. The predicted octanol–water partition coefficient (Wildman–Crippen LogP) is 1.99. The highest BCUT2D eigenvalue weighted by atomic mass is 16.5. The van der Waals surface area contributed by atoms with E-state index in [0.29, 0.717) is 13.0 Å². The molecule has 2 unspecified atom stereocenters. The van der Waals surface area contributed by atoms with Crippen molar-refractivity contribution in [3.05, 3.63) is 29.8 Å². The van der Waals surface area contributed by atoms with Crippen molar-refractivity contribution in [2.24, 2.45) is 0 Å². The van der Waals surface area contributed by atoms with Crippen LogP contribution in [0.2, 0.25) is 0 Å². The molecule has 2 aliphatic rings. The monoisotopic (exact) mass is 247 g/mol. The Morgan fingerprint density at radius 3 is 3.11 bits per heavy atom. The van der Waals surface area contributed by atoms with Gasteiger partial charge in [-0.3, -0.25) is 4.79 Å². The first kappa shape index (κ1) is 11.5. The summed E-state index contributed by atoms with van der Waals surface area (Å²) in [6, 6.07) is 8.24. The largest absolute Gasteiger partial charge is 0.481 e. The van der Waals surface area contributed by atoms with Gasteiger partial charge < -0.3 is 14.7 Å². The lowest BCUT2D eigenvalue weighted by Gasteiger charge is -2.30. The van der Waals surface area contributed by atoms with Crippen molar-refractivity contribution in [1.29, 1.82) is 0 Å². The van der Waals surface area contributed by atoms with Gasteiger partial charge in [0, 0.05) is 24.6 Å². The van der Waals surface area contributed by atoms with Gasteiger partial charge in [0.15, 0.2) is 0 Å². The molecule has 4 nitrogen and oxygen atoms in total. The van der Waals surface area contributed by atoms with E-state index < -0.39 is 5.97 Å². The highest BCUT2D eigenvalue weighted by Gasteiger charge is 2.53. The van der Waals surface area contributed by atoms with Crippen molar-refractivity contribution >= 4 is 11.7 Å². The van der Waals surface area contributed by atoms with Crippen LogP contribution >= 0.6 is 0 Å². The summed E-state index contributed by atoms with van der Waals surface area (Å²) in [5, 5.41) is 8.95. The van der Waals surface area contributed by atoms with Crippen LogP contribution in [0.3, 0.4) is 0 Å². The molecule has 2 atom stereocenters. The van der Waals surface area contributed by atoms with Crippen LogP contribution in [-0.2, 0) is 14.9 Å². The molecule has 96 valence electrons. The zero-order valence-corrected chi connectivity index (χ0v) is 10.4. The third kappa shape index (κ3) is 1.45. The van der Waals surface area contributed by atoms with E-state index in [-0.39, 0.29) is 18.1 Å². The first-order valence-corrected chi connectivity index (χ1v) is 6.31. The summed E-state index contributed by atoms with van der Waals surface area (Å²) in [5.41, 5.74) is 2.29. The van der Waals surface area contributed by atoms with Crippen molar-refractivity contribution in [3.8, 4) is 0 Å². The van der Waals surface area contributed by atoms with Crippen LogP contribution in [0.15, 0.2) is 24.3 Å². The fraction of sp³-hybridized carbons (Fsp3) is 0.500. The van der Waals surface area contributed by atoms with E-state index in [0.717, 1.165) is 6.42 Å². The molecule has 0 radical (unpaired) electrons. The van der Waals surface area contributed by atoms with Crippen molar-refractivity contribution in [1.82, 2.24) is 0 Å². The van der Waals surface area contributed by atoms with Crippen LogP contribution < -0.4 is 4.90 Å². The topological polar surface area (TPSA) is 49.8 Å². The lowest BCUT2D eigenvalue weighted by Crippen LogP contribution is -2.40. The Labute approximate surface area is 106 Å². The standard InChI is InChI=1S/C14H17NO3/c1-15-11-5-3-2-4-10(11)14(7-6-12(16)17)8-9-18-13(14)15/h2-5,13H,6-9H2,1H3,(H,16,17). The Hall–Kier alpha value is -1.55. The number of hydrogen-bond acceptors (Lipinski definition) is 3. The molecule has 3 rings (SSSR count). The minimum Gasteiger partial charge on any atom is -0.481 e. The highest BCUT2D eigenvalue weighted by molar-refractivity contribution is 5.68. The number of aliphatic carboxylic acids is 1. The number of hydrogen-bond donors (Lipinski definition) is 1. The van der Waals surface area contributed by atoms with E-state index in [9.17, 15) is 4.79 Å². The Balaban J connectivity index is 2.02. The van der Waals surface area contributed by atoms with E-state index in [1.807, 2.05) is 19.2 Å². The van der Waals surface area contributed by atoms with Crippen LogP contribution in [0.4, 0.5) is 5.69 Å². The zero-order valence-electron chi connectivity index (χ0n) is 10.4. The number of carboxylic acids is 1. The molecule has 0 spiro atoms. The molecule has 18 heavy (non-hydrogen) atoms. The molecule has 0 saturated carbocycles. The zero-order chi connectivity index (χ0) is 12.8. The van der Waals surface area contributed by atoms with E-state index in [4.69, 9.17) is 9.84 Å². The molecule has 2 aliphatic heterocycles. The number of likely N-dealkylation sites (N-methyl/N-ethyl adjacent to an activating group) is 1. The first-order chi connectivity index (χ1) is 8.65. The van der Waals surface area contributed by atoms with Crippen molar-refractivity contribution in [2.75, 3.05) is 18.6 Å². The second kappa shape index (κ2) is 3.99. The highest BCUT2D eigenvalue weighted by Crippen LogP contribution is 2.52. The van der Waals surface area contributed by atoms with Gasteiger partial charge >= 0.3 is 5.97 Å². The maximum absolute atomic E-state index is 10.9. The molecule has 0 aromatic heterocycles. The summed E-state index contributed by atoms with van der Waals surface area (Å²) in [6.45, 7) is 0.711. The van der Waals surface area contributed by atoms with E-state index in [1.54, 1.807) is 0 Å². The molecule has 4 heteroatoms. The first-order valence-electron chi connectivity index (χ1n) is 6.31. The third-order valence-electron chi connectivity index (χ3n) is 4.25. The maximum Gasteiger partial charge on any atom is 0.303 e. The molecule has 1 fully saturated rings. The van der Waals surface area contributed by atoms with Gasteiger partial charge in [-0.2, -0.15) is 0 Å². The SMILES string of the molecule is CN1c2ccccc2C2(CCC(=O)O)CCOC12. The summed E-state index contributed by atoms with van der Waals surface area (Å²) in [5.74, 6) is -0.734. The number of carbonyl (C=O) groups is 1. The molecular formula is C14H17NO3. The van der Waals surface area contributed by atoms with Crippen LogP contribution in [-0.4, -0.2) is 31.0 Å². The van der Waals surface area contributed by atoms with Gasteiger partial charge in [-0.1, -0.05) is 18.2 Å². The summed E-state index contributed by atoms with van der Waals surface area (Å²) in [4.78, 5) is 13.0. The number of ether oxygens (including phenoxy) is 1. The van der Waals surface area contributed by atoms with Gasteiger partial charge in [-0.15, -0.1) is 0 Å². The average Bonchev–Trinajstić information content (AvgIpc) is 2.88. The number of carboxylic acid groups (broad SMARTS) is 1. The van der Waals surface area contributed by atoms with Gasteiger partial charge in [0.2, 0.25) is 0 Å². The predicted molar refractivity (Wildman–Crippen MR) is 67.7 cm³/mol. The van der Waals surface area contributed by atoms with E-state index in [1.165, 1.54) is 11.3 Å². The lowest BCUT2D eigenvalue weighted by atomic mass is 9.76. The van der Waals surface area contributed by atoms with Crippen molar-refractivity contribution < 1.29 is 14.6 Å². The molecule has 0 amide bonds. The second-order valence-electron chi connectivity index (χ2n) is 5.15. The minimum absolute atomic E-state index is 0.00532. The van der Waals surface area contributed by atoms with Crippen LogP contribution in [0.1, 0.15) is 24.8 Å².